The first-order valence-corrected chi connectivity index (χ1v) is 8.41. The molecule has 0 saturated carbocycles. The molecular formula is C17H27ClN2O. The van der Waals surface area contributed by atoms with Crippen LogP contribution in [-0.4, -0.2) is 30.8 Å². The SMILES string of the molecule is CCCNCc1ccc(N2CCC(C(C)O)CC2)cc1Cl. The van der Waals surface area contributed by atoms with Gasteiger partial charge in [0.25, 0.3) is 0 Å². The van der Waals surface area contributed by atoms with Crippen LogP contribution in [0.15, 0.2) is 18.2 Å². The smallest absolute Gasteiger partial charge is 0.0541 e. The number of halogens is 1. The standard InChI is InChI=1S/C17H27ClN2O/c1-3-8-19-12-15-4-5-16(11-17(15)18)20-9-6-14(7-10-20)13(2)21/h4-5,11,13-14,19,21H,3,6-10,12H2,1-2H3. The Morgan fingerprint density at radius 2 is 2.10 bits per heavy atom. The van der Waals surface area contributed by atoms with E-state index in [1.165, 1.54) is 5.69 Å². The lowest BCUT2D eigenvalue weighted by atomic mass is 9.92. The number of nitrogens with zero attached hydrogens (tertiary/aromatic N) is 1. The van der Waals surface area contributed by atoms with E-state index in [1.807, 2.05) is 6.92 Å². The predicted molar refractivity (Wildman–Crippen MR) is 90.1 cm³/mol. The molecule has 1 aromatic carbocycles. The summed E-state index contributed by atoms with van der Waals surface area (Å²) in [6, 6.07) is 6.37. The Kier molecular flexibility index (Phi) is 6.34. The minimum atomic E-state index is -0.192. The summed E-state index contributed by atoms with van der Waals surface area (Å²) in [5.74, 6) is 0.439. The maximum Gasteiger partial charge on any atom is 0.0541 e. The van der Waals surface area contributed by atoms with E-state index in [1.54, 1.807) is 0 Å². The van der Waals surface area contributed by atoms with Crippen LogP contribution in [0.25, 0.3) is 0 Å². The summed E-state index contributed by atoms with van der Waals surface area (Å²) in [5, 5.41) is 13.9. The number of aliphatic hydroxyl groups excluding tert-OH is 1. The van der Waals surface area contributed by atoms with Gasteiger partial charge in [0.15, 0.2) is 0 Å². The van der Waals surface area contributed by atoms with Crippen LogP contribution in [0, 0.1) is 5.92 Å². The number of nitrogens with one attached hydrogen (secondary N) is 1. The minimum absolute atomic E-state index is 0.192. The van der Waals surface area contributed by atoms with Crippen molar-refractivity contribution in [2.45, 2.75) is 45.8 Å². The quantitative estimate of drug-likeness (QED) is 0.790. The molecule has 4 heteroatoms. The topological polar surface area (TPSA) is 35.5 Å². The van der Waals surface area contributed by atoms with Gasteiger partial charge in [0.2, 0.25) is 0 Å². The molecule has 1 aliphatic rings. The number of hydrogen-bond acceptors (Lipinski definition) is 3. The van der Waals surface area contributed by atoms with Crippen LogP contribution < -0.4 is 10.2 Å². The first-order valence-electron chi connectivity index (χ1n) is 8.04. The Morgan fingerprint density at radius 1 is 1.38 bits per heavy atom. The molecule has 0 aromatic heterocycles. The molecule has 2 rings (SSSR count). The van der Waals surface area contributed by atoms with E-state index in [4.69, 9.17) is 11.6 Å². The van der Waals surface area contributed by atoms with Gasteiger partial charge in [-0.15, -0.1) is 0 Å². The Balaban J connectivity index is 1.94. The number of benzene rings is 1. The average Bonchev–Trinajstić information content (AvgIpc) is 2.49. The van der Waals surface area contributed by atoms with Crippen molar-refractivity contribution in [3.63, 3.8) is 0 Å². The molecule has 3 nitrogen and oxygen atoms in total. The van der Waals surface area contributed by atoms with Crippen LogP contribution >= 0.6 is 11.6 Å². The molecule has 1 saturated heterocycles. The number of piperidine rings is 1. The Bertz CT molecular complexity index is 442. The van der Waals surface area contributed by atoms with Crippen molar-refractivity contribution in [3.05, 3.63) is 28.8 Å². The van der Waals surface area contributed by atoms with Gasteiger partial charge in [-0.2, -0.15) is 0 Å². The van der Waals surface area contributed by atoms with Crippen LogP contribution in [0.3, 0.4) is 0 Å². The highest BCUT2D eigenvalue weighted by Gasteiger charge is 2.22. The average molecular weight is 311 g/mol. The Morgan fingerprint density at radius 3 is 2.67 bits per heavy atom. The number of aliphatic hydroxyl groups is 1. The fraction of sp³-hybridized carbons (Fsp3) is 0.647. The molecular weight excluding hydrogens is 284 g/mol. The van der Waals surface area contributed by atoms with E-state index in [0.29, 0.717) is 5.92 Å². The fourth-order valence-electron chi connectivity index (χ4n) is 2.92. The van der Waals surface area contributed by atoms with Crippen LogP contribution in [0.1, 0.15) is 38.7 Å². The second-order valence-electron chi connectivity index (χ2n) is 6.02. The molecule has 1 aromatic rings. The van der Waals surface area contributed by atoms with Gasteiger partial charge in [0.1, 0.15) is 0 Å². The lowest BCUT2D eigenvalue weighted by molar-refractivity contribution is 0.110. The van der Waals surface area contributed by atoms with Gasteiger partial charge < -0.3 is 15.3 Å². The molecule has 1 aliphatic heterocycles. The second kappa shape index (κ2) is 8.02. The van der Waals surface area contributed by atoms with Gasteiger partial charge in [0.05, 0.1) is 6.10 Å². The maximum atomic E-state index is 9.67. The van der Waals surface area contributed by atoms with Gasteiger partial charge in [-0.05, 0) is 56.3 Å². The third-order valence-electron chi connectivity index (χ3n) is 4.37. The number of anilines is 1. The van der Waals surface area contributed by atoms with Crippen molar-refractivity contribution in [2.75, 3.05) is 24.5 Å². The Labute approximate surface area is 133 Å². The third kappa shape index (κ3) is 4.60. The van der Waals surface area contributed by atoms with Crippen LogP contribution in [0.2, 0.25) is 5.02 Å². The normalized spacial score (nSPS) is 18.0. The van der Waals surface area contributed by atoms with Gasteiger partial charge in [-0.1, -0.05) is 24.6 Å². The highest BCUT2D eigenvalue weighted by molar-refractivity contribution is 6.31. The van der Waals surface area contributed by atoms with Crippen molar-refractivity contribution in [3.8, 4) is 0 Å². The fourth-order valence-corrected chi connectivity index (χ4v) is 3.16. The highest BCUT2D eigenvalue weighted by atomic mass is 35.5. The van der Waals surface area contributed by atoms with E-state index in [0.717, 1.165) is 56.0 Å². The molecule has 2 N–H and O–H groups in total. The molecule has 118 valence electrons. The zero-order valence-corrected chi connectivity index (χ0v) is 13.9. The molecule has 1 atom stereocenters. The maximum absolute atomic E-state index is 9.67. The summed E-state index contributed by atoms with van der Waals surface area (Å²) in [7, 11) is 0. The summed E-state index contributed by atoms with van der Waals surface area (Å²) in [6.07, 6.45) is 3.04. The summed E-state index contributed by atoms with van der Waals surface area (Å²) < 4.78 is 0. The van der Waals surface area contributed by atoms with Crippen molar-refractivity contribution in [1.82, 2.24) is 5.32 Å². The molecule has 0 aliphatic carbocycles. The highest BCUT2D eigenvalue weighted by Crippen LogP contribution is 2.28. The minimum Gasteiger partial charge on any atom is -0.393 e. The number of hydrogen-bond donors (Lipinski definition) is 2. The van der Waals surface area contributed by atoms with Gasteiger partial charge in [0, 0.05) is 30.3 Å². The van der Waals surface area contributed by atoms with Gasteiger partial charge in [-0.3, -0.25) is 0 Å². The zero-order valence-electron chi connectivity index (χ0n) is 13.1. The Hall–Kier alpha value is -0.770. The number of rotatable bonds is 6. The second-order valence-corrected chi connectivity index (χ2v) is 6.42. The van der Waals surface area contributed by atoms with Crippen LogP contribution in [0.4, 0.5) is 5.69 Å². The summed E-state index contributed by atoms with van der Waals surface area (Å²) >= 11 is 6.40. The van der Waals surface area contributed by atoms with E-state index in [9.17, 15) is 5.11 Å². The summed E-state index contributed by atoms with van der Waals surface area (Å²) in [5.41, 5.74) is 2.36. The monoisotopic (exact) mass is 310 g/mol. The molecule has 1 unspecified atom stereocenters. The third-order valence-corrected chi connectivity index (χ3v) is 4.72. The molecule has 0 spiro atoms. The van der Waals surface area contributed by atoms with E-state index in [2.05, 4.69) is 35.3 Å². The molecule has 1 fully saturated rings. The molecule has 0 radical (unpaired) electrons. The van der Waals surface area contributed by atoms with Gasteiger partial charge in [-0.25, -0.2) is 0 Å². The van der Waals surface area contributed by atoms with Crippen molar-refractivity contribution in [1.29, 1.82) is 0 Å². The molecule has 21 heavy (non-hydrogen) atoms. The van der Waals surface area contributed by atoms with Crippen LogP contribution in [0.5, 0.6) is 0 Å². The lowest BCUT2D eigenvalue weighted by Crippen LogP contribution is -2.37. The zero-order chi connectivity index (χ0) is 15.2. The van der Waals surface area contributed by atoms with E-state index < -0.39 is 0 Å². The van der Waals surface area contributed by atoms with E-state index >= 15 is 0 Å². The lowest BCUT2D eigenvalue weighted by Gasteiger charge is -2.35. The van der Waals surface area contributed by atoms with Crippen molar-refractivity contribution < 1.29 is 5.11 Å². The first kappa shape index (κ1) is 16.6. The van der Waals surface area contributed by atoms with Crippen LogP contribution in [-0.2, 0) is 6.54 Å². The molecule has 0 amide bonds. The molecule has 1 heterocycles. The largest absolute Gasteiger partial charge is 0.393 e. The first-order chi connectivity index (χ1) is 10.1. The van der Waals surface area contributed by atoms with E-state index in [-0.39, 0.29) is 6.10 Å². The van der Waals surface area contributed by atoms with Crippen molar-refractivity contribution in [2.24, 2.45) is 5.92 Å². The molecule has 0 bridgehead atoms. The predicted octanol–water partition coefficient (Wildman–Crippen LogP) is 3.44. The van der Waals surface area contributed by atoms with Gasteiger partial charge >= 0.3 is 0 Å². The summed E-state index contributed by atoms with van der Waals surface area (Å²) in [6.45, 7) is 7.91. The summed E-state index contributed by atoms with van der Waals surface area (Å²) in [4.78, 5) is 2.37. The van der Waals surface area contributed by atoms with Crippen molar-refractivity contribution >= 4 is 17.3 Å².